The average molecular weight is 207 g/mol. The fourth-order valence-corrected chi connectivity index (χ4v) is 0.978. The average Bonchev–Trinajstić information content (AvgIpc) is 1.97. The molecule has 1 N–H and O–H groups in total. The van der Waals surface area contributed by atoms with Crippen molar-refractivity contribution in [2.24, 2.45) is 0 Å². The molecule has 14 heavy (non-hydrogen) atoms. The van der Waals surface area contributed by atoms with E-state index in [0.29, 0.717) is 5.56 Å². The predicted octanol–water partition coefficient (Wildman–Crippen LogP) is 1.89. The van der Waals surface area contributed by atoms with Gasteiger partial charge in [-0.25, -0.2) is 0 Å². The molecule has 1 aromatic rings. The second kappa shape index (κ2) is 3.36. The van der Waals surface area contributed by atoms with Gasteiger partial charge >= 0.3 is 6.36 Å². The number of rotatable bonds is 1. The lowest BCUT2D eigenvalue weighted by Crippen LogP contribution is -2.21. The van der Waals surface area contributed by atoms with Crippen molar-refractivity contribution in [2.45, 2.75) is 20.2 Å². The number of hydrogen-bond donors (Lipinski definition) is 1. The van der Waals surface area contributed by atoms with Crippen molar-refractivity contribution in [2.75, 3.05) is 0 Å². The zero-order valence-electron chi connectivity index (χ0n) is 7.53. The fraction of sp³-hybridized carbons (Fsp3) is 0.375. The van der Waals surface area contributed by atoms with Crippen molar-refractivity contribution in [1.82, 2.24) is 4.98 Å². The van der Waals surface area contributed by atoms with Gasteiger partial charge in [-0.05, 0) is 19.9 Å². The van der Waals surface area contributed by atoms with Crippen LogP contribution in [0.2, 0.25) is 0 Å². The van der Waals surface area contributed by atoms with Gasteiger partial charge in [0.05, 0.1) is 0 Å². The van der Waals surface area contributed by atoms with Gasteiger partial charge in [0, 0.05) is 11.1 Å². The number of aryl methyl sites for hydroxylation is 2. The molecule has 0 saturated carbocycles. The van der Waals surface area contributed by atoms with Crippen molar-refractivity contribution in [3.05, 3.63) is 27.5 Å². The van der Waals surface area contributed by atoms with Crippen LogP contribution in [0, 0.1) is 13.8 Å². The number of hydrogen-bond acceptors (Lipinski definition) is 2. The summed E-state index contributed by atoms with van der Waals surface area (Å²) in [4.78, 5) is 13.0. The van der Waals surface area contributed by atoms with Gasteiger partial charge in [0.15, 0.2) is 0 Å². The SMILES string of the molecule is Cc1cc(C)c(=O)[nH]c1OC(F)(F)F. The van der Waals surface area contributed by atoms with Crippen LogP contribution in [0.1, 0.15) is 11.1 Å². The zero-order chi connectivity index (χ0) is 10.9. The number of nitrogens with one attached hydrogen (secondary N) is 1. The predicted molar refractivity (Wildman–Crippen MR) is 43.2 cm³/mol. The molecule has 0 spiro atoms. The molecule has 0 atom stereocenters. The Hall–Kier alpha value is -1.46. The Bertz CT molecular complexity index is 395. The van der Waals surface area contributed by atoms with Gasteiger partial charge in [0.25, 0.3) is 5.56 Å². The minimum atomic E-state index is -4.79. The lowest BCUT2D eigenvalue weighted by molar-refractivity contribution is -0.276. The Morgan fingerprint density at radius 1 is 1.29 bits per heavy atom. The highest BCUT2D eigenvalue weighted by Crippen LogP contribution is 2.22. The van der Waals surface area contributed by atoms with Crippen molar-refractivity contribution < 1.29 is 17.9 Å². The van der Waals surface area contributed by atoms with Crippen LogP contribution < -0.4 is 10.3 Å². The molecule has 1 aromatic heterocycles. The molecule has 0 radical (unpaired) electrons. The molecule has 0 aliphatic rings. The normalized spacial score (nSPS) is 11.5. The van der Waals surface area contributed by atoms with Crippen LogP contribution in [-0.4, -0.2) is 11.3 Å². The van der Waals surface area contributed by atoms with E-state index in [1.165, 1.54) is 19.9 Å². The highest BCUT2D eigenvalue weighted by molar-refractivity contribution is 5.27. The Morgan fingerprint density at radius 2 is 1.86 bits per heavy atom. The van der Waals surface area contributed by atoms with Crippen LogP contribution in [0.15, 0.2) is 10.9 Å². The van der Waals surface area contributed by atoms with E-state index in [9.17, 15) is 18.0 Å². The third kappa shape index (κ3) is 2.51. The summed E-state index contributed by atoms with van der Waals surface area (Å²) in [7, 11) is 0. The molecule has 0 saturated heterocycles. The lowest BCUT2D eigenvalue weighted by atomic mass is 10.2. The Morgan fingerprint density at radius 3 is 2.36 bits per heavy atom. The van der Waals surface area contributed by atoms with Crippen LogP contribution in [0.3, 0.4) is 0 Å². The first-order chi connectivity index (χ1) is 6.29. The Labute approximate surface area is 77.5 Å². The molecule has 0 aliphatic heterocycles. The fourth-order valence-electron chi connectivity index (χ4n) is 0.978. The number of H-pyrrole nitrogens is 1. The molecule has 78 valence electrons. The van der Waals surface area contributed by atoms with E-state index in [4.69, 9.17) is 0 Å². The lowest BCUT2D eigenvalue weighted by Gasteiger charge is -2.10. The maximum Gasteiger partial charge on any atom is 0.574 e. The summed E-state index contributed by atoms with van der Waals surface area (Å²) < 4.78 is 39.0. The minimum Gasteiger partial charge on any atom is -0.390 e. The van der Waals surface area contributed by atoms with E-state index in [1.807, 2.05) is 4.98 Å². The van der Waals surface area contributed by atoms with Crippen LogP contribution in [0.5, 0.6) is 5.88 Å². The minimum absolute atomic E-state index is 0.236. The Kier molecular flexibility index (Phi) is 2.55. The first-order valence-electron chi connectivity index (χ1n) is 3.76. The molecule has 0 unspecified atom stereocenters. The maximum atomic E-state index is 11.8. The summed E-state index contributed by atoms with van der Waals surface area (Å²) in [5.41, 5.74) is -0.00806. The molecule has 0 amide bonds. The molecule has 0 aromatic carbocycles. The highest BCUT2D eigenvalue weighted by atomic mass is 19.4. The number of alkyl halides is 3. The van der Waals surface area contributed by atoms with Crippen LogP contribution in [-0.2, 0) is 0 Å². The molecule has 1 heterocycles. The van der Waals surface area contributed by atoms with E-state index in [2.05, 4.69) is 4.74 Å². The van der Waals surface area contributed by atoms with Crippen LogP contribution >= 0.6 is 0 Å². The van der Waals surface area contributed by atoms with E-state index < -0.39 is 17.8 Å². The smallest absolute Gasteiger partial charge is 0.390 e. The summed E-state index contributed by atoms with van der Waals surface area (Å²) in [6.07, 6.45) is -4.79. The number of aromatic amines is 1. The van der Waals surface area contributed by atoms with Crippen molar-refractivity contribution in [3.63, 3.8) is 0 Å². The van der Waals surface area contributed by atoms with Crippen molar-refractivity contribution in [3.8, 4) is 5.88 Å². The topological polar surface area (TPSA) is 42.1 Å². The Balaban J connectivity index is 3.11. The van der Waals surface area contributed by atoms with E-state index in [1.54, 1.807) is 0 Å². The largest absolute Gasteiger partial charge is 0.574 e. The van der Waals surface area contributed by atoms with Crippen LogP contribution in [0.4, 0.5) is 13.2 Å². The summed E-state index contributed by atoms with van der Waals surface area (Å²) in [6.45, 7) is 2.92. The third-order valence-electron chi connectivity index (χ3n) is 1.59. The van der Waals surface area contributed by atoms with Gasteiger partial charge in [-0.3, -0.25) is 9.78 Å². The van der Waals surface area contributed by atoms with Gasteiger partial charge in [-0.2, -0.15) is 0 Å². The second-order valence-corrected chi connectivity index (χ2v) is 2.84. The van der Waals surface area contributed by atoms with E-state index in [-0.39, 0.29) is 5.56 Å². The number of aromatic nitrogens is 1. The number of ether oxygens (including phenoxy) is 1. The van der Waals surface area contributed by atoms with Gasteiger partial charge in [0.2, 0.25) is 5.88 Å². The standard InChI is InChI=1S/C8H8F3NO2/c1-4-3-5(2)7(12-6(4)13)14-8(9,10)11/h3H,1-2H3,(H,12,13). The summed E-state index contributed by atoms with van der Waals surface area (Å²) in [5, 5.41) is 0. The summed E-state index contributed by atoms with van der Waals surface area (Å²) in [5.74, 6) is -0.562. The molecule has 6 heteroatoms. The van der Waals surface area contributed by atoms with Gasteiger partial charge in [-0.15, -0.1) is 13.2 Å². The molecule has 1 rings (SSSR count). The molecular formula is C8H8F3NO2. The maximum absolute atomic E-state index is 11.8. The number of pyridine rings is 1. The number of halogens is 3. The molecule has 0 aliphatic carbocycles. The molecule has 3 nitrogen and oxygen atoms in total. The van der Waals surface area contributed by atoms with E-state index in [0.717, 1.165) is 0 Å². The highest BCUT2D eigenvalue weighted by Gasteiger charge is 2.32. The quantitative estimate of drug-likeness (QED) is 0.764. The van der Waals surface area contributed by atoms with Gasteiger partial charge in [-0.1, -0.05) is 0 Å². The third-order valence-corrected chi connectivity index (χ3v) is 1.59. The van der Waals surface area contributed by atoms with E-state index >= 15 is 0 Å². The van der Waals surface area contributed by atoms with Crippen LogP contribution in [0.25, 0.3) is 0 Å². The van der Waals surface area contributed by atoms with Gasteiger partial charge in [0.1, 0.15) is 0 Å². The zero-order valence-corrected chi connectivity index (χ0v) is 7.53. The first kappa shape index (κ1) is 10.6. The van der Waals surface area contributed by atoms with Gasteiger partial charge < -0.3 is 4.74 Å². The monoisotopic (exact) mass is 207 g/mol. The summed E-state index contributed by atoms with van der Waals surface area (Å²) >= 11 is 0. The second-order valence-electron chi connectivity index (χ2n) is 2.84. The molecule has 0 fully saturated rings. The van der Waals surface area contributed by atoms with Crippen molar-refractivity contribution in [1.29, 1.82) is 0 Å². The summed E-state index contributed by atoms with van der Waals surface area (Å²) in [6, 6.07) is 1.33. The molecular weight excluding hydrogens is 199 g/mol. The first-order valence-corrected chi connectivity index (χ1v) is 3.76. The van der Waals surface area contributed by atoms with Crippen molar-refractivity contribution >= 4 is 0 Å². The molecule has 0 bridgehead atoms.